The van der Waals surface area contributed by atoms with Gasteiger partial charge in [-0.1, -0.05) is 5.16 Å². The summed E-state index contributed by atoms with van der Waals surface area (Å²) in [6, 6.07) is 0. The molecule has 0 atom stereocenters. The van der Waals surface area contributed by atoms with Crippen LogP contribution < -0.4 is 5.73 Å². The van der Waals surface area contributed by atoms with E-state index in [-0.39, 0.29) is 12.4 Å². The highest BCUT2D eigenvalue weighted by Gasteiger charge is 2.31. The minimum absolute atomic E-state index is 0.0446. The van der Waals surface area contributed by atoms with Crippen LogP contribution in [-0.2, 0) is 12.7 Å². The summed E-state index contributed by atoms with van der Waals surface area (Å²) in [6.45, 7) is 0.284. The van der Waals surface area contributed by atoms with Crippen LogP contribution in [0.4, 0.5) is 13.2 Å². The van der Waals surface area contributed by atoms with Crippen LogP contribution in [0, 0.1) is 0 Å². The molecule has 1 rings (SSSR count). The molecule has 0 spiro atoms. The lowest BCUT2D eigenvalue weighted by Crippen LogP contribution is -2.12. The molecule has 1 heterocycles. The van der Waals surface area contributed by atoms with Gasteiger partial charge in [-0.3, -0.25) is 4.68 Å². The van der Waals surface area contributed by atoms with Gasteiger partial charge in [0.25, 0.3) is 0 Å². The van der Waals surface area contributed by atoms with Gasteiger partial charge in [0.2, 0.25) is 0 Å². The average Bonchev–Trinajstić information content (AvgIpc) is 2.65. The lowest BCUT2D eigenvalue weighted by molar-refractivity contribution is -0.137. The zero-order valence-electron chi connectivity index (χ0n) is 8.28. The van der Waals surface area contributed by atoms with E-state index in [1.807, 2.05) is 0 Å². The number of aromatic nitrogens is 2. The Bertz CT molecular complexity index is 372. The van der Waals surface area contributed by atoms with E-state index < -0.39 is 11.7 Å². The molecule has 16 heavy (non-hydrogen) atoms. The van der Waals surface area contributed by atoms with E-state index in [0.29, 0.717) is 12.8 Å². The molecular formula is C8H11F3N4O. The molecule has 1 aromatic heterocycles. The third-order valence-electron chi connectivity index (χ3n) is 1.91. The Morgan fingerprint density at radius 1 is 1.56 bits per heavy atom. The van der Waals surface area contributed by atoms with E-state index in [4.69, 9.17) is 10.9 Å². The summed E-state index contributed by atoms with van der Waals surface area (Å²) in [5.41, 5.74) is 4.42. The van der Waals surface area contributed by atoms with Gasteiger partial charge in [0.1, 0.15) is 5.84 Å². The average molecular weight is 236 g/mol. The molecule has 0 amide bonds. The van der Waals surface area contributed by atoms with Crippen LogP contribution in [0.1, 0.15) is 18.4 Å². The predicted octanol–water partition coefficient (Wildman–Crippen LogP) is 1.43. The SMILES string of the molecule is NC(CCCn1cc(C(F)(F)F)cn1)=NO. The summed E-state index contributed by atoms with van der Waals surface area (Å²) in [5, 5.41) is 14.5. The van der Waals surface area contributed by atoms with Gasteiger partial charge in [-0.2, -0.15) is 18.3 Å². The highest BCUT2D eigenvalue weighted by molar-refractivity contribution is 5.79. The van der Waals surface area contributed by atoms with Gasteiger partial charge in [0, 0.05) is 19.2 Å². The first kappa shape index (κ1) is 12.3. The summed E-state index contributed by atoms with van der Waals surface area (Å²) in [6.07, 6.45) is -1.92. The number of aryl methyl sites for hydroxylation is 1. The molecule has 0 aliphatic heterocycles. The van der Waals surface area contributed by atoms with Crippen molar-refractivity contribution < 1.29 is 18.4 Å². The van der Waals surface area contributed by atoms with Gasteiger partial charge in [-0.05, 0) is 6.42 Å². The molecule has 8 heteroatoms. The van der Waals surface area contributed by atoms with Crippen LogP contribution in [0.2, 0.25) is 0 Å². The van der Waals surface area contributed by atoms with E-state index in [2.05, 4.69) is 10.3 Å². The van der Waals surface area contributed by atoms with Crippen molar-refractivity contribution in [2.45, 2.75) is 25.6 Å². The molecule has 0 radical (unpaired) electrons. The second kappa shape index (κ2) is 4.86. The Morgan fingerprint density at radius 3 is 2.75 bits per heavy atom. The van der Waals surface area contributed by atoms with Crippen molar-refractivity contribution in [2.24, 2.45) is 10.9 Å². The number of nitrogens with two attached hydrogens (primary N) is 1. The van der Waals surface area contributed by atoms with Crippen molar-refractivity contribution in [1.29, 1.82) is 0 Å². The fraction of sp³-hybridized carbons (Fsp3) is 0.500. The van der Waals surface area contributed by atoms with Crippen molar-refractivity contribution in [3.8, 4) is 0 Å². The molecular weight excluding hydrogens is 225 g/mol. The van der Waals surface area contributed by atoms with E-state index in [9.17, 15) is 13.2 Å². The fourth-order valence-corrected chi connectivity index (χ4v) is 1.10. The van der Waals surface area contributed by atoms with Crippen molar-refractivity contribution in [2.75, 3.05) is 0 Å². The molecule has 0 fully saturated rings. The van der Waals surface area contributed by atoms with Crippen molar-refractivity contribution in [3.05, 3.63) is 18.0 Å². The van der Waals surface area contributed by atoms with E-state index >= 15 is 0 Å². The van der Waals surface area contributed by atoms with Crippen LogP contribution in [0.25, 0.3) is 0 Å². The molecule has 5 nitrogen and oxygen atoms in total. The van der Waals surface area contributed by atoms with Crippen LogP contribution in [0.5, 0.6) is 0 Å². The lowest BCUT2D eigenvalue weighted by Gasteiger charge is -2.02. The van der Waals surface area contributed by atoms with Gasteiger partial charge < -0.3 is 10.9 Å². The van der Waals surface area contributed by atoms with Crippen molar-refractivity contribution in [3.63, 3.8) is 0 Å². The monoisotopic (exact) mass is 236 g/mol. The van der Waals surface area contributed by atoms with Gasteiger partial charge in [-0.15, -0.1) is 0 Å². The van der Waals surface area contributed by atoms with E-state index in [0.717, 1.165) is 12.4 Å². The number of oxime groups is 1. The number of rotatable bonds is 4. The Hall–Kier alpha value is -1.73. The summed E-state index contributed by atoms with van der Waals surface area (Å²) in [5.74, 6) is 0.0446. The maximum atomic E-state index is 12.2. The first-order chi connectivity index (χ1) is 7.43. The molecule has 1 aromatic rings. The largest absolute Gasteiger partial charge is 0.419 e. The van der Waals surface area contributed by atoms with Gasteiger partial charge >= 0.3 is 6.18 Å². The number of halogens is 3. The zero-order valence-corrected chi connectivity index (χ0v) is 8.28. The first-order valence-electron chi connectivity index (χ1n) is 4.49. The number of nitrogens with zero attached hydrogens (tertiary/aromatic N) is 3. The Balaban J connectivity index is 2.47. The summed E-state index contributed by atoms with van der Waals surface area (Å²) in [7, 11) is 0. The van der Waals surface area contributed by atoms with Crippen LogP contribution in [0.3, 0.4) is 0 Å². The minimum atomic E-state index is -4.37. The second-order valence-corrected chi connectivity index (χ2v) is 3.18. The topological polar surface area (TPSA) is 76.4 Å². The smallest absolute Gasteiger partial charge is 0.409 e. The molecule has 0 saturated heterocycles. The Labute approximate surface area is 89.3 Å². The Morgan fingerprint density at radius 2 is 2.25 bits per heavy atom. The van der Waals surface area contributed by atoms with Crippen LogP contribution in [-0.4, -0.2) is 20.8 Å². The highest BCUT2D eigenvalue weighted by atomic mass is 19.4. The van der Waals surface area contributed by atoms with Crippen LogP contribution in [0.15, 0.2) is 17.5 Å². The molecule has 3 N–H and O–H groups in total. The molecule has 0 aliphatic rings. The predicted molar refractivity (Wildman–Crippen MR) is 49.9 cm³/mol. The standard InChI is InChI=1S/C8H11F3N4O/c9-8(10,11)6-4-13-15(5-6)3-1-2-7(12)14-16/h4-5,16H,1-3H2,(H2,12,14). The molecule has 0 aromatic carbocycles. The number of hydrogen-bond acceptors (Lipinski definition) is 3. The van der Waals surface area contributed by atoms with Crippen molar-refractivity contribution in [1.82, 2.24) is 9.78 Å². The molecule has 0 aliphatic carbocycles. The third-order valence-corrected chi connectivity index (χ3v) is 1.91. The number of hydrogen-bond donors (Lipinski definition) is 2. The summed E-state index contributed by atoms with van der Waals surface area (Å²) >= 11 is 0. The third kappa shape index (κ3) is 3.44. The quantitative estimate of drug-likeness (QED) is 0.359. The summed E-state index contributed by atoms with van der Waals surface area (Å²) < 4.78 is 37.7. The summed E-state index contributed by atoms with van der Waals surface area (Å²) in [4.78, 5) is 0. The van der Waals surface area contributed by atoms with Crippen LogP contribution >= 0.6 is 0 Å². The molecule has 0 unspecified atom stereocenters. The second-order valence-electron chi connectivity index (χ2n) is 3.18. The fourth-order valence-electron chi connectivity index (χ4n) is 1.10. The van der Waals surface area contributed by atoms with E-state index in [1.54, 1.807) is 0 Å². The molecule has 90 valence electrons. The first-order valence-corrected chi connectivity index (χ1v) is 4.49. The number of amidine groups is 1. The normalized spacial score (nSPS) is 13.1. The lowest BCUT2D eigenvalue weighted by atomic mass is 10.3. The van der Waals surface area contributed by atoms with E-state index in [1.165, 1.54) is 4.68 Å². The van der Waals surface area contributed by atoms with Gasteiger partial charge in [0.15, 0.2) is 0 Å². The Kier molecular flexibility index (Phi) is 3.75. The minimum Gasteiger partial charge on any atom is -0.409 e. The highest BCUT2D eigenvalue weighted by Crippen LogP contribution is 2.28. The van der Waals surface area contributed by atoms with Gasteiger partial charge in [-0.25, -0.2) is 0 Å². The number of alkyl halides is 3. The molecule has 0 bridgehead atoms. The van der Waals surface area contributed by atoms with Gasteiger partial charge in [0.05, 0.1) is 11.8 Å². The maximum absolute atomic E-state index is 12.2. The van der Waals surface area contributed by atoms with Crippen molar-refractivity contribution >= 4 is 5.84 Å². The maximum Gasteiger partial charge on any atom is 0.419 e. The zero-order chi connectivity index (χ0) is 12.2. The molecule has 0 saturated carbocycles.